The fourth-order valence-corrected chi connectivity index (χ4v) is 1.47. The van der Waals surface area contributed by atoms with Gasteiger partial charge in [-0.3, -0.25) is 0 Å². The minimum absolute atomic E-state index is 0.180. The maximum atomic E-state index is 11.0. The van der Waals surface area contributed by atoms with Crippen molar-refractivity contribution in [3.8, 4) is 0 Å². The minimum Gasteiger partial charge on any atom is -0.463 e. The summed E-state index contributed by atoms with van der Waals surface area (Å²) in [4.78, 5) is 11.0. The van der Waals surface area contributed by atoms with Gasteiger partial charge in [-0.2, -0.15) is 0 Å². The summed E-state index contributed by atoms with van der Waals surface area (Å²) in [6.45, 7) is 0.586. The zero-order chi connectivity index (χ0) is 9.36. The molecule has 0 unspecified atom stereocenters. The van der Waals surface area contributed by atoms with Crippen molar-refractivity contribution in [2.45, 2.75) is 44.9 Å². The van der Waals surface area contributed by atoms with Gasteiger partial charge >= 0.3 is 5.97 Å². The number of ether oxygens (including phenoxy) is 1. The molecule has 0 saturated heterocycles. The maximum absolute atomic E-state index is 11.0. The van der Waals surface area contributed by atoms with E-state index < -0.39 is 0 Å². The number of cyclic esters (lactones) is 1. The van der Waals surface area contributed by atoms with Crippen LogP contribution in [0.25, 0.3) is 0 Å². The van der Waals surface area contributed by atoms with Gasteiger partial charge in [0.15, 0.2) is 0 Å². The van der Waals surface area contributed by atoms with Crippen molar-refractivity contribution in [2.75, 3.05) is 6.61 Å². The Bertz CT molecular complexity index is 173. The molecule has 0 aliphatic carbocycles. The number of allylic oxidation sites excluding steroid dienone is 1. The number of hydrogen-bond donors (Lipinski definition) is 0. The Hall–Kier alpha value is -0.790. The van der Waals surface area contributed by atoms with Gasteiger partial charge in [0, 0.05) is 6.08 Å². The van der Waals surface area contributed by atoms with Crippen LogP contribution in [0.4, 0.5) is 0 Å². The van der Waals surface area contributed by atoms with E-state index in [-0.39, 0.29) is 5.97 Å². The molecule has 0 aromatic heterocycles. The molecule has 1 aliphatic rings. The molecule has 13 heavy (non-hydrogen) atoms. The highest BCUT2D eigenvalue weighted by Crippen LogP contribution is 2.08. The van der Waals surface area contributed by atoms with Gasteiger partial charge in [-0.1, -0.05) is 31.8 Å². The number of carbonyl (C=O) groups excluding carboxylic acids is 1. The third-order valence-corrected chi connectivity index (χ3v) is 2.26. The molecule has 0 aromatic carbocycles. The lowest BCUT2D eigenvalue weighted by Crippen LogP contribution is -2.02. The van der Waals surface area contributed by atoms with Gasteiger partial charge in [0.05, 0.1) is 6.61 Å². The molecule has 1 heterocycles. The number of rotatable bonds is 0. The van der Waals surface area contributed by atoms with Crippen LogP contribution < -0.4 is 0 Å². The molecule has 0 aromatic rings. The van der Waals surface area contributed by atoms with Crippen LogP contribution in [0.5, 0.6) is 0 Å². The minimum atomic E-state index is -0.180. The van der Waals surface area contributed by atoms with E-state index in [2.05, 4.69) is 0 Å². The van der Waals surface area contributed by atoms with Crippen molar-refractivity contribution in [3.05, 3.63) is 12.2 Å². The molecule has 0 bridgehead atoms. The lowest BCUT2D eigenvalue weighted by molar-refractivity contribution is -0.137. The molecule has 0 saturated carbocycles. The molecule has 2 heteroatoms. The van der Waals surface area contributed by atoms with Crippen molar-refractivity contribution in [3.63, 3.8) is 0 Å². The van der Waals surface area contributed by atoms with Gasteiger partial charge in [-0.05, 0) is 19.3 Å². The van der Waals surface area contributed by atoms with E-state index in [4.69, 9.17) is 4.74 Å². The summed E-state index contributed by atoms with van der Waals surface area (Å²) in [6.07, 6.45) is 11.8. The van der Waals surface area contributed by atoms with E-state index in [0.29, 0.717) is 6.61 Å². The lowest BCUT2D eigenvalue weighted by Gasteiger charge is -2.04. The molecule has 2 nitrogen and oxygen atoms in total. The quantitative estimate of drug-likeness (QED) is 0.538. The molecule has 0 atom stereocenters. The summed E-state index contributed by atoms with van der Waals surface area (Å²) in [7, 11) is 0. The maximum Gasteiger partial charge on any atom is 0.330 e. The van der Waals surface area contributed by atoms with Crippen molar-refractivity contribution in [2.24, 2.45) is 0 Å². The second kappa shape index (κ2) is 6.70. The zero-order valence-electron chi connectivity index (χ0n) is 8.13. The van der Waals surface area contributed by atoms with Crippen molar-refractivity contribution >= 4 is 5.97 Å². The smallest absolute Gasteiger partial charge is 0.330 e. The van der Waals surface area contributed by atoms with Crippen LogP contribution in [0.15, 0.2) is 12.2 Å². The summed E-state index contributed by atoms with van der Waals surface area (Å²) >= 11 is 0. The molecule has 1 aliphatic heterocycles. The fourth-order valence-electron chi connectivity index (χ4n) is 1.47. The summed E-state index contributed by atoms with van der Waals surface area (Å²) in [6, 6.07) is 0. The molecule has 0 spiro atoms. The van der Waals surface area contributed by atoms with Gasteiger partial charge in [0.1, 0.15) is 0 Å². The largest absolute Gasteiger partial charge is 0.463 e. The Labute approximate surface area is 80.0 Å². The molecular weight excluding hydrogens is 164 g/mol. The van der Waals surface area contributed by atoms with Gasteiger partial charge in [0.2, 0.25) is 0 Å². The molecule has 0 N–H and O–H groups in total. The molecule has 0 radical (unpaired) electrons. The van der Waals surface area contributed by atoms with Crippen molar-refractivity contribution in [1.82, 2.24) is 0 Å². The lowest BCUT2D eigenvalue weighted by atomic mass is 10.1. The van der Waals surface area contributed by atoms with Gasteiger partial charge in [-0.25, -0.2) is 4.79 Å². The SMILES string of the molecule is O=C1/C=C/CCCCCCCCO1. The van der Waals surface area contributed by atoms with Crippen molar-refractivity contribution in [1.29, 1.82) is 0 Å². The van der Waals surface area contributed by atoms with Gasteiger partial charge in [-0.15, -0.1) is 0 Å². The van der Waals surface area contributed by atoms with Crippen LogP contribution in [0.1, 0.15) is 44.9 Å². The number of carbonyl (C=O) groups is 1. The Kier molecular flexibility index (Phi) is 5.30. The van der Waals surface area contributed by atoms with E-state index in [1.54, 1.807) is 6.08 Å². The molecule has 1 rings (SSSR count). The van der Waals surface area contributed by atoms with E-state index in [1.165, 1.54) is 32.1 Å². The van der Waals surface area contributed by atoms with E-state index in [9.17, 15) is 4.79 Å². The zero-order valence-corrected chi connectivity index (χ0v) is 8.13. The average Bonchev–Trinajstić information content (AvgIpc) is 2.11. The Morgan fingerprint density at radius 1 is 1.00 bits per heavy atom. The van der Waals surface area contributed by atoms with Crippen LogP contribution in [0.2, 0.25) is 0 Å². The predicted octanol–water partition coefficient (Wildman–Crippen LogP) is 2.83. The van der Waals surface area contributed by atoms with E-state index in [0.717, 1.165) is 12.8 Å². The van der Waals surface area contributed by atoms with Gasteiger partial charge in [0.25, 0.3) is 0 Å². The second-order valence-corrected chi connectivity index (χ2v) is 3.48. The first kappa shape index (κ1) is 10.3. The first-order valence-corrected chi connectivity index (χ1v) is 5.23. The van der Waals surface area contributed by atoms with E-state index >= 15 is 0 Å². The van der Waals surface area contributed by atoms with Crippen LogP contribution >= 0.6 is 0 Å². The summed E-state index contributed by atoms with van der Waals surface area (Å²) in [5.41, 5.74) is 0. The summed E-state index contributed by atoms with van der Waals surface area (Å²) in [5, 5.41) is 0. The van der Waals surface area contributed by atoms with E-state index in [1.807, 2.05) is 6.08 Å². The van der Waals surface area contributed by atoms with Crippen molar-refractivity contribution < 1.29 is 9.53 Å². The third-order valence-electron chi connectivity index (χ3n) is 2.26. The first-order valence-electron chi connectivity index (χ1n) is 5.23. The highest BCUT2D eigenvalue weighted by atomic mass is 16.5. The monoisotopic (exact) mass is 182 g/mol. The summed E-state index contributed by atoms with van der Waals surface area (Å²) in [5.74, 6) is -0.180. The fraction of sp³-hybridized carbons (Fsp3) is 0.727. The molecule has 74 valence electrons. The molecule has 0 fully saturated rings. The molecule has 0 amide bonds. The average molecular weight is 182 g/mol. The van der Waals surface area contributed by atoms with Gasteiger partial charge < -0.3 is 4.74 Å². The van der Waals surface area contributed by atoms with Crippen LogP contribution in [-0.2, 0) is 9.53 Å². The van der Waals surface area contributed by atoms with Crippen LogP contribution in [0.3, 0.4) is 0 Å². The Morgan fingerprint density at radius 2 is 1.69 bits per heavy atom. The highest BCUT2D eigenvalue weighted by Gasteiger charge is 1.98. The summed E-state index contributed by atoms with van der Waals surface area (Å²) < 4.78 is 4.99. The standard InChI is InChI=1S/C11H18O2/c12-11-9-7-5-3-1-2-4-6-8-10-13-11/h7,9H,1-6,8,10H2/b9-7+. The second-order valence-electron chi connectivity index (χ2n) is 3.48. The number of hydrogen-bond acceptors (Lipinski definition) is 2. The van der Waals surface area contributed by atoms with Crippen LogP contribution in [0, 0.1) is 0 Å². The molecular formula is C11H18O2. The normalized spacial score (nSPS) is 23.8. The first-order chi connectivity index (χ1) is 6.39. The number of esters is 1. The predicted molar refractivity (Wildman–Crippen MR) is 52.4 cm³/mol. The van der Waals surface area contributed by atoms with Crippen LogP contribution in [-0.4, -0.2) is 12.6 Å². The third kappa shape index (κ3) is 5.45. The Morgan fingerprint density at radius 3 is 2.54 bits per heavy atom. The highest BCUT2D eigenvalue weighted by molar-refractivity contribution is 5.81. The Balaban J connectivity index is 2.26. The topological polar surface area (TPSA) is 26.3 Å².